The zero-order valence-corrected chi connectivity index (χ0v) is 10.7. The van der Waals surface area contributed by atoms with Gasteiger partial charge in [0.15, 0.2) is 5.65 Å². The van der Waals surface area contributed by atoms with Gasteiger partial charge in [0.05, 0.1) is 23.5 Å². The van der Waals surface area contributed by atoms with Crippen LogP contribution in [-0.4, -0.2) is 35.4 Å². The van der Waals surface area contributed by atoms with Gasteiger partial charge in [-0.05, 0) is 0 Å². The van der Waals surface area contributed by atoms with E-state index in [1.807, 2.05) is 7.05 Å². The van der Waals surface area contributed by atoms with Crippen LogP contribution in [0.15, 0.2) is 24.9 Å². The number of carbonyl (C=O) groups excluding carboxylic acids is 1. The van der Waals surface area contributed by atoms with E-state index in [1.165, 1.54) is 11.0 Å². The lowest BCUT2D eigenvalue weighted by atomic mass is 10.4. The molecule has 0 spiro atoms. The van der Waals surface area contributed by atoms with Crippen LogP contribution in [0.3, 0.4) is 0 Å². The molecule has 0 saturated heterocycles. The summed E-state index contributed by atoms with van der Waals surface area (Å²) in [6, 6.07) is 0. The van der Waals surface area contributed by atoms with Crippen LogP contribution in [-0.2, 0) is 18.4 Å². The number of nitrogens with two attached hydrogens (primary N) is 1. The average molecular weight is 272 g/mol. The molecule has 1 amide bonds. The van der Waals surface area contributed by atoms with Crippen molar-refractivity contribution >= 4 is 28.4 Å². The molecular formula is C11H12N8O. The number of nitrogens with one attached hydrogen (secondary N) is 1. The van der Waals surface area contributed by atoms with Crippen molar-refractivity contribution in [3.05, 3.63) is 24.9 Å². The van der Waals surface area contributed by atoms with Gasteiger partial charge in [-0.2, -0.15) is 10.2 Å². The van der Waals surface area contributed by atoms with Crippen molar-refractivity contribution in [2.24, 2.45) is 12.8 Å². The Morgan fingerprint density at radius 1 is 1.35 bits per heavy atom. The summed E-state index contributed by atoms with van der Waals surface area (Å²) in [7, 11) is 1.81. The molecule has 0 radical (unpaired) electrons. The standard InChI is InChI=1S/C11H12N8O/c1-18-11-8(3-15-18)10(13-6-14-11)17-7-2-16-19(4-7)5-9(12)20/h2-4,6H,5H2,1H3,(H2,12,20)(H,13,14,17). The maximum Gasteiger partial charge on any atom is 0.239 e. The number of amides is 1. The molecule has 0 fully saturated rings. The lowest BCUT2D eigenvalue weighted by molar-refractivity contribution is -0.118. The highest BCUT2D eigenvalue weighted by molar-refractivity contribution is 5.87. The lowest BCUT2D eigenvalue weighted by Crippen LogP contribution is -2.18. The number of anilines is 2. The van der Waals surface area contributed by atoms with E-state index in [9.17, 15) is 4.79 Å². The van der Waals surface area contributed by atoms with Crippen molar-refractivity contribution in [2.75, 3.05) is 5.32 Å². The van der Waals surface area contributed by atoms with Crippen molar-refractivity contribution in [1.29, 1.82) is 0 Å². The van der Waals surface area contributed by atoms with Crippen molar-refractivity contribution in [3.63, 3.8) is 0 Å². The zero-order valence-electron chi connectivity index (χ0n) is 10.7. The predicted octanol–water partition coefficient (Wildman–Crippen LogP) is -0.211. The average Bonchev–Trinajstić information content (AvgIpc) is 2.98. The molecule has 0 saturated carbocycles. The summed E-state index contributed by atoms with van der Waals surface area (Å²) in [6.07, 6.45) is 6.41. The Bertz CT molecular complexity index is 774. The number of fused-ring (bicyclic) bond motifs is 1. The van der Waals surface area contributed by atoms with Crippen molar-refractivity contribution in [3.8, 4) is 0 Å². The Hall–Kier alpha value is -2.97. The molecule has 9 heteroatoms. The summed E-state index contributed by atoms with van der Waals surface area (Å²) in [4.78, 5) is 19.2. The Balaban J connectivity index is 1.89. The first-order valence-corrected chi connectivity index (χ1v) is 5.84. The van der Waals surface area contributed by atoms with Crippen LogP contribution in [0.4, 0.5) is 11.5 Å². The van der Waals surface area contributed by atoms with E-state index >= 15 is 0 Å². The first-order valence-electron chi connectivity index (χ1n) is 5.84. The topological polar surface area (TPSA) is 117 Å². The third kappa shape index (κ3) is 2.16. The van der Waals surface area contributed by atoms with Crippen LogP contribution < -0.4 is 11.1 Å². The maximum absolute atomic E-state index is 10.8. The number of nitrogens with zero attached hydrogens (tertiary/aromatic N) is 6. The molecule has 0 aliphatic carbocycles. The molecule has 20 heavy (non-hydrogen) atoms. The van der Waals surface area contributed by atoms with Gasteiger partial charge in [-0.15, -0.1) is 0 Å². The van der Waals surface area contributed by atoms with E-state index in [4.69, 9.17) is 5.73 Å². The molecule has 0 aliphatic heterocycles. The van der Waals surface area contributed by atoms with Crippen LogP contribution in [0, 0.1) is 0 Å². The molecule has 3 N–H and O–H groups in total. The normalized spacial score (nSPS) is 10.8. The van der Waals surface area contributed by atoms with Crippen LogP contribution in [0.1, 0.15) is 0 Å². The van der Waals surface area contributed by atoms with Gasteiger partial charge in [0.25, 0.3) is 0 Å². The molecule has 3 rings (SSSR count). The van der Waals surface area contributed by atoms with Crippen LogP contribution in [0.5, 0.6) is 0 Å². The van der Waals surface area contributed by atoms with Gasteiger partial charge in [0, 0.05) is 13.2 Å². The summed E-state index contributed by atoms with van der Waals surface area (Å²) >= 11 is 0. The highest BCUT2D eigenvalue weighted by atomic mass is 16.1. The van der Waals surface area contributed by atoms with Gasteiger partial charge in [0.2, 0.25) is 5.91 Å². The third-order valence-electron chi connectivity index (χ3n) is 2.74. The number of hydrogen-bond donors (Lipinski definition) is 2. The van der Waals surface area contributed by atoms with Crippen LogP contribution in [0.2, 0.25) is 0 Å². The van der Waals surface area contributed by atoms with Crippen molar-refractivity contribution < 1.29 is 4.79 Å². The Morgan fingerprint density at radius 2 is 2.20 bits per heavy atom. The fourth-order valence-corrected chi connectivity index (χ4v) is 1.87. The SMILES string of the molecule is Cn1ncc2c(Nc3cnn(CC(N)=O)c3)ncnc21. The summed E-state index contributed by atoms with van der Waals surface area (Å²) in [6.45, 7) is 0.0355. The van der Waals surface area contributed by atoms with E-state index in [1.54, 1.807) is 23.3 Å². The van der Waals surface area contributed by atoms with Gasteiger partial charge in [-0.1, -0.05) is 0 Å². The molecule has 3 aromatic heterocycles. The molecule has 0 atom stereocenters. The second-order valence-corrected chi connectivity index (χ2v) is 4.25. The molecule has 0 unspecified atom stereocenters. The first kappa shape index (κ1) is 12.1. The largest absolute Gasteiger partial charge is 0.368 e. The fourth-order valence-electron chi connectivity index (χ4n) is 1.87. The number of aromatic nitrogens is 6. The quantitative estimate of drug-likeness (QED) is 0.678. The summed E-state index contributed by atoms with van der Waals surface area (Å²) < 4.78 is 3.12. The second-order valence-electron chi connectivity index (χ2n) is 4.25. The fraction of sp³-hybridized carbons (Fsp3) is 0.182. The monoisotopic (exact) mass is 272 g/mol. The molecule has 0 bridgehead atoms. The number of carbonyl (C=O) groups is 1. The highest BCUT2D eigenvalue weighted by Crippen LogP contribution is 2.21. The van der Waals surface area contributed by atoms with Crippen molar-refractivity contribution in [2.45, 2.75) is 6.54 Å². The molecule has 0 aliphatic rings. The number of rotatable bonds is 4. The van der Waals surface area contributed by atoms with Crippen LogP contribution >= 0.6 is 0 Å². The highest BCUT2D eigenvalue weighted by Gasteiger charge is 2.09. The molecule has 102 valence electrons. The van der Waals surface area contributed by atoms with E-state index in [0.29, 0.717) is 11.5 Å². The number of aryl methyl sites for hydroxylation is 1. The zero-order chi connectivity index (χ0) is 14.1. The number of primary amides is 1. The van der Waals surface area contributed by atoms with Crippen molar-refractivity contribution in [1.82, 2.24) is 29.5 Å². The van der Waals surface area contributed by atoms with Gasteiger partial charge in [-0.25, -0.2) is 9.97 Å². The minimum atomic E-state index is -0.448. The summed E-state index contributed by atoms with van der Waals surface area (Å²) in [5.41, 5.74) is 6.54. The van der Waals surface area contributed by atoms with E-state index in [-0.39, 0.29) is 6.54 Å². The minimum Gasteiger partial charge on any atom is -0.368 e. The van der Waals surface area contributed by atoms with E-state index < -0.39 is 5.91 Å². The second kappa shape index (κ2) is 4.61. The smallest absolute Gasteiger partial charge is 0.239 e. The first-order chi connectivity index (χ1) is 9.63. The third-order valence-corrected chi connectivity index (χ3v) is 2.74. The Labute approximate surface area is 113 Å². The Morgan fingerprint density at radius 3 is 3.00 bits per heavy atom. The summed E-state index contributed by atoms with van der Waals surface area (Å²) in [5, 5.41) is 12.1. The maximum atomic E-state index is 10.8. The van der Waals surface area contributed by atoms with Crippen LogP contribution in [0.25, 0.3) is 11.0 Å². The van der Waals surface area contributed by atoms with Gasteiger partial charge < -0.3 is 11.1 Å². The minimum absolute atomic E-state index is 0.0355. The molecular weight excluding hydrogens is 260 g/mol. The van der Waals surface area contributed by atoms with E-state index in [2.05, 4.69) is 25.5 Å². The molecule has 3 aromatic rings. The molecule has 0 aromatic carbocycles. The lowest BCUT2D eigenvalue weighted by Gasteiger charge is -2.03. The Kier molecular flexibility index (Phi) is 2.78. The predicted molar refractivity (Wildman–Crippen MR) is 71.0 cm³/mol. The van der Waals surface area contributed by atoms with Gasteiger partial charge >= 0.3 is 0 Å². The van der Waals surface area contributed by atoms with Gasteiger partial charge in [0.1, 0.15) is 18.7 Å². The molecule has 9 nitrogen and oxygen atoms in total. The summed E-state index contributed by atoms with van der Waals surface area (Å²) in [5.74, 6) is 0.179. The number of hydrogen-bond acceptors (Lipinski definition) is 6. The van der Waals surface area contributed by atoms with E-state index in [0.717, 1.165) is 11.0 Å². The molecule has 3 heterocycles. The van der Waals surface area contributed by atoms with Gasteiger partial charge in [-0.3, -0.25) is 14.2 Å².